The molecule has 3 heteroatoms. The smallest absolute Gasteiger partial charge is 0.0445 e. The van der Waals surface area contributed by atoms with E-state index in [1.807, 2.05) is 11.8 Å². The van der Waals surface area contributed by atoms with Gasteiger partial charge in [-0.05, 0) is 30.4 Å². The molecule has 0 bridgehead atoms. The number of benzene rings is 1. The predicted octanol–water partition coefficient (Wildman–Crippen LogP) is 3.59. The van der Waals surface area contributed by atoms with Crippen LogP contribution < -0.4 is 5.73 Å². The minimum Gasteiger partial charge on any atom is -0.327 e. The Balaban J connectivity index is 2.82. The van der Waals surface area contributed by atoms with Gasteiger partial charge in [-0.1, -0.05) is 35.0 Å². The van der Waals surface area contributed by atoms with Crippen LogP contribution in [0.3, 0.4) is 0 Å². The number of thioether (sulfide) groups is 1. The third kappa shape index (κ3) is 3.30. The molecule has 14 heavy (non-hydrogen) atoms. The van der Waals surface area contributed by atoms with E-state index < -0.39 is 0 Å². The molecule has 2 N–H and O–H groups in total. The molecule has 0 heterocycles. The second kappa shape index (κ2) is 5.79. The van der Waals surface area contributed by atoms with Crippen molar-refractivity contribution in [2.24, 2.45) is 5.73 Å². The highest BCUT2D eigenvalue weighted by Crippen LogP contribution is 2.31. The first kappa shape index (κ1) is 12.1. The summed E-state index contributed by atoms with van der Waals surface area (Å²) < 4.78 is 1.12. The lowest BCUT2D eigenvalue weighted by molar-refractivity contribution is 0.721. The summed E-state index contributed by atoms with van der Waals surface area (Å²) in [6.07, 6.45) is 0. The van der Waals surface area contributed by atoms with Crippen LogP contribution in [0.1, 0.15) is 24.7 Å². The SMILES string of the molecule is CCSC(c1ccc(Br)cc1)C(C)N. The summed E-state index contributed by atoms with van der Waals surface area (Å²) in [5, 5.41) is 0.410. The molecule has 0 fully saturated rings. The van der Waals surface area contributed by atoms with Gasteiger partial charge in [0.1, 0.15) is 0 Å². The molecule has 78 valence electrons. The van der Waals surface area contributed by atoms with E-state index in [9.17, 15) is 0 Å². The quantitative estimate of drug-likeness (QED) is 0.908. The average molecular weight is 274 g/mol. The number of nitrogens with two attached hydrogens (primary N) is 1. The van der Waals surface area contributed by atoms with Crippen molar-refractivity contribution in [3.63, 3.8) is 0 Å². The molecule has 0 radical (unpaired) electrons. The summed E-state index contributed by atoms with van der Waals surface area (Å²) in [6, 6.07) is 8.62. The highest BCUT2D eigenvalue weighted by molar-refractivity contribution is 9.10. The lowest BCUT2D eigenvalue weighted by Crippen LogP contribution is -2.22. The molecule has 1 aromatic carbocycles. The first-order valence-electron chi connectivity index (χ1n) is 4.77. The van der Waals surface area contributed by atoms with Crippen LogP contribution in [-0.4, -0.2) is 11.8 Å². The van der Waals surface area contributed by atoms with E-state index in [1.54, 1.807) is 0 Å². The van der Waals surface area contributed by atoms with E-state index in [0.29, 0.717) is 5.25 Å². The molecular weight excluding hydrogens is 258 g/mol. The zero-order valence-electron chi connectivity index (χ0n) is 8.53. The van der Waals surface area contributed by atoms with Crippen molar-refractivity contribution in [2.45, 2.75) is 25.1 Å². The molecule has 0 saturated carbocycles. The van der Waals surface area contributed by atoms with Crippen LogP contribution in [-0.2, 0) is 0 Å². The van der Waals surface area contributed by atoms with E-state index in [4.69, 9.17) is 5.73 Å². The number of rotatable bonds is 4. The molecule has 0 aliphatic carbocycles. The van der Waals surface area contributed by atoms with E-state index in [1.165, 1.54) is 5.56 Å². The zero-order chi connectivity index (χ0) is 10.6. The van der Waals surface area contributed by atoms with Crippen LogP contribution in [0, 0.1) is 0 Å². The van der Waals surface area contributed by atoms with Crippen LogP contribution in [0.15, 0.2) is 28.7 Å². The standard InChI is InChI=1S/C11H16BrNS/c1-3-14-11(8(2)13)9-4-6-10(12)7-5-9/h4-8,11H,3,13H2,1-2H3. The van der Waals surface area contributed by atoms with Gasteiger partial charge >= 0.3 is 0 Å². The second-order valence-electron chi connectivity index (χ2n) is 3.29. The Morgan fingerprint density at radius 1 is 1.36 bits per heavy atom. The van der Waals surface area contributed by atoms with Gasteiger partial charge in [0.2, 0.25) is 0 Å². The van der Waals surface area contributed by atoms with Crippen LogP contribution in [0.4, 0.5) is 0 Å². The first-order chi connectivity index (χ1) is 6.65. The minimum atomic E-state index is 0.195. The van der Waals surface area contributed by atoms with Gasteiger partial charge < -0.3 is 5.73 Å². The fourth-order valence-corrected chi connectivity index (χ4v) is 2.66. The van der Waals surface area contributed by atoms with Gasteiger partial charge in [0, 0.05) is 15.8 Å². The van der Waals surface area contributed by atoms with E-state index in [0.717, 1.165) is 10.2 Å². The summed E-state index contributed by atoms with van der Waals surface area (Å²) in [4.78, 5) is 0. The summed E-state index contributed by atoms with van der Waals surface area (Å²) in [6.45, 7) is 4.23. The molecule has 2 atom stereocenters. The van der Waals surface area contributed by atoms with Gasteiger partial charge in [0.15, 0.2) is 0 Å². The Kier molecular flexibility index (Phi) is 4.99. The Hall–Kier alpha value is 0.01000. The average Bonchev–Trinajstić information content (AvgIpc) is 2.15. The normalized spacial score (nSPS) is 15.1. The van der Waals surface area contributed by atoms with Crippen LogP contribution in [0.2, 0.25) is 0 Å². The van der Waals surface area contributed by atoms with Crippen LogP contribution >= 0.6 is 27.7 Å². The largest absolute Gasteiger partial charge is 0.327 e. The molecular formula is C11H16BrNS. The van der Waals surface area contributed by atoms with Gasteiger partial charge in [0.25, 0.3) is 0 Å². The summed E-state index contributed by atoms with van der Waals surface area (Å²) in [5.74, 6) is 1.10. The fraction of sp³-hybridized carbons (Fsp3) is 0.455. The monoisotopic (exact) mass is 273 g/mol. The van der Waals surface area contributed by atoms with Crippen molar-refractivity contribution in [3.8, 4) is 0 Å². The van der Waals surface area contributed by atoms with Crippen molar-refractivity contribution < 1.29 is 0 Å². The lowest BCUT2D eigenvalue weighted by Gasteiger charge is -2.20. The van der Waals surface area contributed by atoms with Crippen molar-refractivity contribution in [2.75, 3.05) is 5.75 Å². The molecule has 1 rings (SSSR count). The third-order valence-corrected chi connectivity index (χ3v) is 3.94. The molecule has 1 nitrogen and oxygen atoms in total. The molecule has 0 saturated heterocycles. The molecule has 0 aliphatic rings. The Bertz CT molecular complexity index is 271. The van der Waals surface area contributed by atoms with Crippen molar-refractivity contribution >= 4 is 27.7 Å². The molecule has 0 aliphatic heterocycles. The molecule has 0 spiro atoms. The van der Waals surface area contributed by atoms with Crippen molar-refractivity contribution in [1.29, 1.82) is 0 Å². The minimum absolute atomic E-state index is 0.195. The second-order valence-corrected chi connectivity index (χ2v) is 5.62. The fourth-order valence-electron chi connectivity index (χ4n) is 1.38. The van der Waals surface area contributed by atoms with Gasteiger partial charge in [-0.2, -0.15) is 11.8 Å². The van der Waals surface area contributed by atoms with Crippen LogP contribution in [0.5, 0.6) is 0 Å². The third-order valence-electron chi connectivity index (χ3n) is 2.02. The maximum atomic E-state index is 5.96. The maximum absolute atomic E-state index is 5.96. The zero-order valence-corrected chi connectivity index (χ0v) is 10.9. The summed E-state index contributed by atoms with van der Waals surface area (Å²) in [5.41, 5.74) is 7.28. The molecule has 2 unspecified atom stereocenters. The van der Waals surface area contributed by atoms with Crippen LogP contribution in [0.25, 0.3) is 0 Å². The maximum Gasteiger partial charge on any atom is 0.0445 e. The predicted molar refractivity (Wildman–Crippen MR) is 68.7 cm³/mol. The van der Waals surface area contributed by atoms with Gasteiger partial charge in [-0.25, -0.2) is 0 Å². The lowest BCUT2D eigenvalue weighted by atomic mass is 10.1. The number of halogens is 1. The van der Waals surface area contributed by atoms with Gasteiger partial charge in [0.05, 0.1) is 0 Å². The summed E-state index contributed by atoms with van der Waals surface area (Å²) in [7, 11) is 0. The Morgan fingerprint density at radius 3 is 2.36 bits per heavy atom. The highest BCUT2D eigenvalue weighted by Gasteiger charge is 2.15. The topological polar surface area (TPSA) is 26.0 Å². The van der Waals surface area contributed by atoms with E-state index in [2.05, 4.69) is 54.0 Å². The van der Waals surface area contributed by atoms with Gasteiger partial charge in [-0.15, -0.1) is 0 Å². The van der Waals surface area contributed by atoms with E-state index >= 15 is 0 Å². The Morgan fingerprint density at radius 2 is 1.93 bits per heavy atom. The summed E-state index contributed by atoms with van der Waals surface area (Å²) >= 11 is 5.34. The highest BCUT2D eigenvalue weighted by atomic mass is 79.9. The van der Waals surface area contributed by atoms with Gasteiger partial charge in [-0.3, -0.25) is 0 Å². The molecule has 0 amide bonds. The van der Waals surface area contributed by atoms with E-state index in [-0.39, 0.29) is 6.04 Å². The van der Waals surface area contributed by atoms with Crippen molar-refractivity contribution in [3.05, 3.63) is 34.3 Å². The molecule has 0 aromatic heterocycles. The Labute approximate surface area is 98.6 Å². The number of hydrogen-bond acceptors (Lipinski definition) is 2. The first-order valence-corrected chi connectivity index (χ1v) is 6.62. The number of hydrogen-bond donors (Lipinski definition) is 1. The molecule has 1 aromatic rings. The van der Waals surface area contributed by atoms with Crippen molar-refractivity contribution in [1.82, 2.24) is 0 Å².